The van der Waals surface area contributed by atoms with Crippen LogP contribution in [0.5, 0.6) is 0 Å². The summed E-state index contributed by atoms with van der Waals surface area (Å²) in [7, 11) is 0. The highest BCUT2D eigenvalue weighted by molar-refractivity contribution is 7.07. The zero-order valence-corrected chi connectivity index (χ0v) is 12.0. The number of hydrogen-bond acceptors (Lipinski definition) is 4. The number of hydrogen-bond donors (Lipinski definition) is 0. The van der Waals surface area contributed by atoms with E-state index >= 15 is 0 Å². The molecule has 1 amide bonds. The van der Waals surface area contributed by atoms with Crippen LogP contribution in [0, 0.1) is 10.1 Å². The lowest BCUT2D eigenvalue weighted by Gasteiger charge is -2.00. The molecule has 6 nitrogen and oxygen atoms in total. The lowest BCUT2D eigenvalue weighted by Crippen LogP contribution is -2.15. The van der Waals surface area contributed by atoms with Crippen LogP contribution >= 0.6 is 22.9 Å². The molecule has 1 aromatic heterocycles. The van der Waals surface area contributed by atoms with Crippen molar-refractivity contribution >= 4 is 34.5 Å². The molecule has 2 rings (SSSR count). The standard InChI is InChI=1S/C12H10ClN3O3S/c1-2-15-5-6-20-12(15)14-11(17)9-7-8(16(18)19)3-4-10(9)13/h3-7H,2H2,1H3. The van der Waals surface area contributed by atoms with Gasteiger partial charge < -0.3 is 4.57 Å². The second-order valence-corrected chi connectivity index (χ2v) is 5.09. The van der Waals surface area contributed by atoms with Crippen LogP contribution in [0.2, 0.25) is 5.02 Å². The van der Waals surface area contributed by atoms with E-state index in [1.807, 2.05) is 18.5 Å². The number of benzene rings is 1. The number of nitro benzene ring substituents is 1. The van der Waals surface area contributed by atoms with E-state index in [0.29, 0.717) is 11.3 Å². The topological polar surface area (TPSA) is 77.5 Å². The Morgan fingerprint density at radius 3 is 2.95 bits per heavy atom. The number of nitrogens with zero attached hydrogens (tertiary/aromatic N) is 3. The summed E-state index contributed by atoms with van der Waals surface area (Å²) in [6, 6.07) is 3.71. The summed E-state index contributed by atoms with van der Waals surface area (Å²) < 4.78 is 1.80. The van der Waals surface area contributed by atoms with Crippen LogP contribution in [0.3, 0.4) is 0 Å². The third kappa shape index (κ3) is 2.94. The Labute approximate surface area is 123 Å². The van der Waals surface area contributed by atoms with E-state index in [-0.39, 0.29) is 16.3 Å². The van der Waals surface area contributed by atoms with Gasteiger partial charge in [0.25, 0.3) is 11.6 Å². The van der Waals surface area contributed by atoms with Gasteiger partial charge in [0, 0.05) is 30.3 Å². The molecule has 0 spiro atoms. The van der Waals surface area contributed by atoms with Gasteiger partial charge in [0.2, 0.25) is 0 Å². The van der Waals surface area contributed by atoms with Gasteiger partial charge in [-0.25, -0.2) is 0 Å². The van der Waals surface area contributed by atoms with E-state index in [2.05, 4.69) is 4.99 Å². The second-order valence-electron chi connectivity index (χ2n) is 3.81. The fourth-order valence-corrected chi connectivity index (χ4v) is 2.55. The number of aryl methyl sites for hydroxylation is 1. The molecular formula is C12H10ClN3O3S. The Balaban J connectivity index is 2.46. The molecule has 0 bridgehead atoms. The Kier molecular flexibility index (Phi) is 4.31. The number of carbonyl (C=O) groups excluding carboxylic acids is 1. The first-order valence-electron chi connectivity index (χ1n) is 5.70. The molecule has 0 radical (unpaired) electrons. The molecule has 0 N–H and O–H groups in total. The smallest absolute Gasteiger partial charge is 0.281 e. The highest BCUT2D eigenvalue weighted by atomic mass is 35.5. The predicted molar refractivity (Wildman–Crippen MR) is 76.0 cm³/mol. The summed E-state index contributed by atoms with van der Waals surface area (Å²) in [5, 5.41) is 12.7. The minimum absolute atomic E-state index is 0.0249. The summed E-state index contributed by atoms with van der Waals surface area (Å²) in [5.74, 6) is -0.594. The van der Waals surface area contributed by atoms with E-state index in [1.165, 1.54) is 23.5 Å². The van der Waals surface area contributed by atoms with Crippen LogP contribution < -0.4 is 4.80 Å². The van der Waals surface area contributed by atoms with Crippen LogP contribution in [0.15, 0.2) is 34.8 Å². The molecule has 2 aromatic rings. The van der Waals surface area contributed by atoms with Crippen molar-refractivity contribution in [2.75, 3.05) is 0 Å². The molecule has 0 aliphatic carbocycles. The Bertz CT molecular complexity index is 736. The Hall–Kier alpha value is -1.99. The van der Waals surface area contributed by atoms with Gasteiger partial charge in [0.1, 0.15) is 0 Å². The van der Waals surface area contributed by atoms with E-state index in [0.717, 1.165) is 6.07 Å². The van der Waals surface area contributed by atoms with E-state index in [1.54, 1.807) is 4.57 Å². The molecule has 0 fully saturated rings. The van der Waals surface area contributed by atoms with Crippen LogP contribution in [-0.4, -0.2) is 15.4 Å². The summed E-state index contributed by atoms with van der Waals surface area (Å²) in [6.45, 7) is 2.61. The lowest BCUT2D eigenvalue weighted by atomic mass is 10.2. The minimum Gasteiger partial charge on any atom is -0.324 e. The average molecular weight is 312 g/mol. The Morgan fingerprint density at radius 2 is 2.30 bits per heavy atom. The van der Waals surface area contributed by atoms with E-state index in [9.17, 15) is 14.9 Å². The van der Waals surface area contributed by atoms with Gasteiger partial charge in [0.05, 0.1) is 15.5 Å². The first-order valence-corrected chi connectivity index (χ1v) is 6.95. The van der Waals surface area contributed by atoms with Crippen LogP contribution in [0.25, 0.3) is 0 Å². The van der Waals surface area contributed by atoms with Crippen molar-refractivity contribution in [2.24, 2.45) is 4.99 Å². The van der Waals surface area contributed by atoms with Crippen molar-refractivity contribution in [2.45, 2.75) is 13.5 Å². The van der Waals surface area contributed by atoms with Crippen molar-refractivity contribution in [1.82, 2.24) is 4.57 Å². The normalized spacial score (nSPS) is 11.6. The van der Waals surface area contributed by atoms with Crippen LogP contribution in [-0.2, 0) is 6.54 Å². The molecule has 1 heterocycles. The summed E-state index contributed by atoms with van der Waals surface area (Å²) in [5.41, 5.74) is -0.167. The van der Waals surface area contributed by atoms with Gasteiger partial charge in [-0.3, -0.25) is 14.9 Å². The molecule has 0 aliphatic heterocycles. The highest BCUT2D eigenvalue weighted by Crippen LogP contribution is 2.22. The number of thiazole rings is 1. The fraction of sp³-hybridized carbons (Fsp3) is 0.167. The molecule has 0 atom stereocenters. The Morgan fingerprint density at radius 1 is 1.55 bits per heavy atom. The number of nitro groups is 1. The molecule has 0 aliphatic rings. The fourth-order valence-electron chi connectivity index (χ4n) is 1.57. The zero-order chi connectivity index (χ0) is 14.7. The number of aromatic nitrogens is 1. The number of rotatable bonds is 3. The maximum Gasteiger partial charge on any atom is 0.281 e. The zero-order valence-electron chi connectivity index (χ0n) is 10.4. The molecule has 0 saturated carbocycles. The average Bonchev–Trinajstić information content (AvgIpc) is 2.86. The molecule has 0 saturated heterocycles. The number of halogens is 1. The van der Waals surface area contributed by atoms with Gasteiger partial charge in [-0.05, 0) is 13.0 Å². The third-order valence-electron chi connectivity index (χ3n) is 2.59. The molecule has 20 heavy (non-hydrogen) atoms. The first-order chi connectivity index (χ1) is 9.52. The molecular weight excluding hydrogens is 302 g/mol. The number of carbonyl (C=O) groups is 1. The largest absolute Gasteiger partial charge is 0.324 e. The summed E-state index contributed by atoms with van der Waals surface area (Å²) in [6.07, 6.45) is 1.81. The maximum atomic E-state index is 12.1. The van der Waals surface area contributed by atoms with Crippen LogP contribution in [0.4, 0.5) is 5.69 Å². The monoisotopic (exact) mass is 311 g/mol. The molecule has 0 unspecified atom stereocenters. The van der Waals surface area contributed by atoms with Crippen molar-refractivity contribution in [3.05, 3.63) is 55.3 Å². The quantitative estimate of drug-likeness (QED) is 0.646. The van der Waals surface area contributed by atoms with Crippen molar-refractivity contribution in [1.29, 1.82) is 0 Å². The van der Waals surface area contributed by atoms with E-state index < -0.39 is 10.8 Å². The highest BCUT2D eigenvalue weighted by Gasteiger charge is 2.15. The molecule has 8 heteroatoms. The molecule has 104 valence electrons. The number of amides is 1. The van der Waals surface area contributed by atoms with Crippen LogP contribution in [0.1, 0.15) is 17.3 Å². The predicted octanol–water partition coefficient (Wildman–Crippen LogP) is 2.87. The van der Waals surface area contributed by atoms with Crippen molar-refractivity contribution < 1.29 is 9.72 Å². The molecule has 1 aromatic carbocycles. The van der Waals surface area contributed by atoms with E-state index in [4.69, 9.17) is 11.6 Å². The van der Waals surface area contributed by atoms with Gasteiger partial charge in [-0.15, -0.1) is 11.3 Å². The summed E-state index contributed by atoms with van der Waals surface area (Å²) in [4.78, 5) is 26.7. The summed E-state index contributed by atoms with van der Waals surface area (Å²) >= 11 is 7.21. The minimum atomic E-state index is -0.594. The van der Waals surface area contributed by atoms with Gasteiger partial charge in [0.15, 0.2) is 4.80 Å². The second kappa shape index (κ2) is 5.98. The van der Waals surface area contributed by atoms with Gasteiger partial charge >= 0.3 is 0 Å². The number of non-ortho nitro benzene ring substituents is 1. The third-order valence-corrected chi connectivity index (χ3v) is 3.71. The SMILES string of the molecule is CCn1ccsc1=NC(=O)c1cc([N+](=O)[O-])ccc1Cl. The van der Waals surface area contributed by atoms with Crippen molar-refractivity contribution in [3.63, 3.8) is 0 Å². The lowest BCUT2D eigenvalue weighted by molar-refractivity contribution is -0.384. The van der Waals surface area contributed by atoms with Crippen molar-refractivity contribution in [3.8, 4) is 0 Å². The van der Waals surface area contributed by atoms with Gasteiger partial charge in [-0.2, -0.15) is 4.99 Å². The van der Waals surface area contributed by atoms with Gasteiger partial charge in [-0.1, -0.05) is 11.6 Å². The maximum absolute atomic E-state index is 12.1. The first kappa shape index (κ1) is 14.4.